The topological polar surface area (TPSA) is 98.6 Å². The van der Waals surface area contributed by atoms with Crippen LogP contribution in [0, 0.1) is 0 Å². The molecule has 0 aromatic heterocycles. The van der Waals surface area contributed by atoms with Gasteiger partial charge >= 0.3 is 5.97 Å². The smallest absolute Gasteiger partial charge is 0.336 e. The Balaban J connectivity index is 4.65. The zero-order chi connectivity index (χ0) is 39.3. The van der Waals surface area contributed by atoms with Gasteiger partial charge in [-0.2, -0.15) is 0 Å². The van der Waals surface area contributed by atoms with Crippen molar-refractivity contribution < 1.29 is 14.3 Å². The molecule has 6 nitrogen and oxygen atoms in total. The standard InChI is InChI=1S/C47H95N3O3/c1-6-8-10-12-14-16-18-20-22-24-26-28-30-32-34-38-42-50(44(51)47(49,40-36-37-41-48)45(52)53-46(3,4)5)43-39-35-33-31-29-27-25-23-21-19-17-15-13-11-9-7-2/h6-43,48-49H2,1-5H3/t47-/m0/s1. The molecule has 1 amide bonds. The number of carbonyl (C=O) groups excluding carboxylic acids is 2. The van der Waals surface area contributed by atoms with Gasteiger partial charge in [-0.25, -0.2) is 4.79 Å². The summed E-state index contributed by atoms with van der Waals surface area (Å²) in [5.74, 6) is -0.860. The Labute approximate surface area is 331 Å². The molecule has 6 heteroatoms. The van der Waals surface area contributed by atoms with Crippen LogP contribution in [0.4, 0.5) is 0 Å². The predicted octanol–water partition coefficient (Wildman–Crippen LogP) is 13.5. The minimum absolute atomic E-state index is 0.259. The molecule has 316 valence electrons. The third-order valence-corrected chi connectivity index (χ3v) is 11.0. The van der Waals surface area contributed by atoms with Gasteiger partial charge in [0, 0.05) is 13.1 Å². The first-order valence-corrected chi connectivity index (χ1v) is 23.6. The van der Waals surface area contributed by atoms with E-state index in [-0.39, 0.29) is 12.3 Å². The highest BCUT2D eigenvalue weighted by Crippen LogP contribution is 2.23. The van der Waals surface area contributed by atoms with E-state index >= 15 is 0 Å². The summed E-state index contributed by atoms with van der Waals surface area (Å²) in [7, 11) is 0. The second-order valence-corrected chi connectivity index (χ2v) is 17.6. The highest BCUT2D eigenvalue weighted by atomic mass is 16.6. The number of hydrogen-bond donors (Lipinski definition) is 2. The van der Waals surface area contributed by atoms with Crippen LogP contribution >= 0.6 is 0 Å². The molecule has 0 aliphatic heterocycles. The molecule has 0 unspecified atom stereocenters. The van der Waals surface area contributed by atoms with Gasteiger partial charge in [0.1, 0.15) is 5.60 Å². The molecular weight excluding hydrogens is 655 g/mol. The molecule has 0 saturated carbocycles. The van der Waals surface area contributed by atoms with Crippen molar-refractivity contribution in [1.82, 2.24) is 4.90 Å². The molecule has 4 N–H and O–H groups in total. The van der Waals surface area contributed by atoms with E-state index in [9.17, 15) is 9.59 Å². The van der Waals surface area contributed by atoms with E-state index < -0.39 is 17.1 Å². The fraction of sp³-hybridized carbons (Fsp3) is 0.957. The molecule has 0 aliphatic carbocycles. The van der Waals surface area contributed by atoms with Gasteiger partial charge < -0.3 is 21.1 Å². The number of ether oxygens (including phenoxy) is 1. The number of esters is 1. The lowest BCUT2D eigenvalue weighted by molar-refractivity contribution is -0.167. The molecule has 1 atom stereocenters. The average Bonchev–Trinajstić information content (AvgIpc) is 3.12. The number of carbonyl (C=O) groups is 2. The maximum Gasteiger partial charge on any atom is 0.336 e. The van der Waals surface area contributed by atoms with Crippen molar-refractivity contribution in [3.05, 3.63) is 0 Å². The number of hydrogen-bond acceptors (Lipinski definition) is 5. The summed E-state index contributed by atoms with van der Waals surface area (Å²) in [6, 6.07) is 0. The normalized spacial score (nSPS) is 13.0. The van der Waals surface area contributed by atoms with Gasteiger partial charge in [0.15, 0.2) is 5.54 Å². The summed E-state index contributed by atoms with van der Waals surface area (Å²) in [6.45, 7) is 11.9. The summed E-state index contributed by atoms with van der Waals surface area (Å²) in [5.41, 5.74) is 10.2. The third kappa shape index (κ3) is 31.7. The highest BCUT2D eigenvalue weighted by molar-refractivity contribution is 6.07. The maximum absolute atomic E-state index is 14.1. The number of amides is 1. The van der Waals surface area contributed by atoms with E-state index in [1.54, 1.807) is 0 Å². The van der Waals surface area contributed by atoms with Crippen LogP contribution in [0.25, 0.3) is 0 Å². The van der Waals surface area contributed by atoms with E-state index in [0.717, 1.165) is 32.1 Å². The second-order valence-electron chi connectivity index (χ2n) is 17.6. The van der Waals surface area contributed by atoms with Crippen LogP contribution in [0.1, 0.15) is 259 Å². The van der Waals surface area contributed by atoms with Crippen molar-refractivity contribution >= 4 is 11.9 Å². The maximum atomic E-state index is 14.1. The molecule has 0 heterocycles. The zero-order valence-corrected chi connectivity index (χ0v) is 36.7. The van der Waals surface area contributed by atoms with Gasteiger partial charge in [0.2, 0.25) is 0 Å². The molecule has 0 aromatic rings. The van der Waals surface area contributed by atoms with Crippen molar-refractivity contribution in [3.63, 3.8) is 0 Å². The number of unbranched alkanes of at least 4 members (excludes halogenated alkanes) is 31. The number of rotatable bonds is 40. The summed E-state index contributed by atoms with van der Waals surface area (Å²) in [6.07, 6.45) is 43.9. The Bertz CT molecular complexity index is 777. The molecule has 0 aromatic carbocycles. The molecule has 53 heavy (non-hydrogen) atoms. The Morgan fingerprint density at radius 2 is 0.736 bits per heavy atom. The van der Waals surface area contributed by atoms with Gasteiger partial charge in [0.05, 0.1) is 0 Å². The average molecular weight is 750 g/mol. The van der Waals surface area contributed by atoms with Gasteiger partial charge in [-0.15, -0.1) is 0 Å². The second kappa shape index (κ2) is 36.5. The first-order chi connectivity index (χ1) is 25.6. The van der Waals surface area contributed by atoms with Gasteiger partial charge in [-0.1, -0.05) is 206 Å². The van der Waals surface area contributed by atoms with Gasteiger partial charge in [-0.05, 0) is 59.4 Å². The van der Waals surface area contributed by atoms with E-state index in [1.807, 2.05) is 25.7 Å². The predicted molar refractivity (Wildman–Crippen MR) is 231 cm³/mol. The van der Waals surface area contributed by atoms with Crippen molar-refractivity contribution in [2.45, 2.75) is 270 Å². The first kappa shape index (κ1) is 51.9. The van der Waals surface area contributed by atoms with Crippen LogP contribution in [-0.2, 0) is 14.3 Å². The minimum atomic E-state index is -1.66. The van der Waals surface area contributed by atoms with E-state index in [2.05, 4.69) is 13.8 Å². The van der Waals surface area contributed by atoms with Crippen LogP contribution in [0.5, 0.6) is 0 Å². The van der Waals surface area contributed by atoms with E-state index in [1.165, 1.54) is 180 Å². The van der Waals surface area contributed by atoms with Crippen LogP contribution in [0.15, 0.2) is 0 Å². The van der Waals surface area contributed by atoms with E-state index in [0.29, 0.717) is 26.1 Å². The Hall–Kier alpha value is -1.14. The SMILES string of the molecule is CCCCCCCCCCCCCCCCCCN(CCCCCCCCCCCCCCCCCC)C(=O)[C@@](N)(CCCCN)C(=O)OC(C)(C)C. The summed E-state index contributed by atoms with van der Waals surface area (Å²) >= 11 is 0. The first-order valence-electron chi connectivity index (χ1n) is 23.6. The summed E-state index contributed by atoms with van der Waals surface area (Å²) < 4.78 is 5.73. The Morgan fingerprint density at radius 3 is 1.00 bits per heavy atom. The van der Waals surface area contributed by atoms with Crippen LogP contribution < -0.4 is 11.5 Å². The molecule has 0 saturated heterocycles. The van der Waals surface area contributed by atoms with Crippen molar-refractivity contribution in [1.29, 1.82) is 0 Å². The van der Waals surface area contributed by atoms with E-state index in [4.69, 9.17) is 16.2 Å². The quantitative estimate of drug-likeness (QED) is 0.0369. The van der Waals surface area contributed by atoms with Crippen molar-refractivity contribution in [2.24, 2.45) is 11.5 Å². The lowest BCUT2D eigenvalue weighted by atomic mass is 9.91. The zero-order valence-electron chi connectivity index (χ0n) is 36.7. The minimum Gasteiger partial charge on any atom is -0.458 e. The summed E-state index contributed by atoms with van der Waals surface area (Å²) in [4.78, 5) is 29.5. The lowest BCUT2D eigenvalue weighted by Gasteiger charge is -2.35. The Morgan fingerprint density at radius 1 is 0.453 bits per heavy atom. The molecule has 0 radical (unpaired) electrons. The van der Waals surface area contributed by atoms with Gasteiger partial charge in [-0.3, -0.25) is 4.79 Å². The highest BCUT2D eigenvalue weighted by Gasteiger charge is 2.46. The third-order valence-electron chi connectivity index (χ3n) is 11.0. The number of nitrogens with two attached hydrogens (primary N) is 2. The molecule has 0 rings (SSSR count). The number of nitrogens with zero attached hydrogens (tertiary/aromatic N) is 1. The Kier molecular flexibility index (Phi) is 35.7. The lowest BCUT2D eigenvalue weighted by Crippen LogP contribution is -2.62. The molecular formula is C47H95N3O3. The fourth-order valence-corrected chi connectivity index (χ4v) is 7.51. The fourth-order valence-electron chi connectivity index (χ4n) is 7.51. The largest absolute Gasteiger partial charge is 0.458 e. The monoisotopic (exact) mass is 750 g/mol. The molecule has 0 aliphatic rings. The van der Waals surface area contributed by atoms with Crippen LogP contribution in [0.2, 0.25) is 0 Å². The van der Waals surface area contributed by atoms with Gasteiger partial charge in [0.25, 0.3) is 5.91 Å². The van der Waals surface area contributed by atoms with Crippen molar-refractivity contribution in [2.75, 3.05) is 19.6 Å². The summed E-state index contributed by atoms with van der Waals surface area (Å²) in [5, 5.41) is 0. The molecule has 0 bridgehead atoms. The van der Waals surface area contributed by atoms with Crippen LogP contribution in [-0.4, -0.2) is 47.6 Å². The molecule has 0 fully saturated rings. The molecule has 0 spiro atoms. The van der Waals surface area contributed by atoms with Crippen molar-refractivity contribution in [3.8, 4) is 0 Å². The van der Waals surface area contributed by atoms with Crippen LogP contribution in [0.3, 0.4) is 0 Å².